The molecule has 0 aliphatic heterocycles. The summed E-state index contributed by atoms with van der Waals surface area (Å²) >= 11 is 5.68. The van der Waals surface area contributed by atoms with Crippen molar-refractivity contribution in [1.29, 1.82) is 0 Å². The molecule has 0 bridgehead atoms. The molecular weight excluding hydrogens is 344 g/mol. The summed E-state index contributed by atoms with van der Waals surface area (Å²) in [4.78, 5) is 36.4. The number of alkyl halides is 1. The van der Waals surface area contributed by atoms with E-state index < -0.39 is 29.5 Å². The third kappa shape index (κ3) is 6.74. The van der Waals surface area contributed by atoms with Crippen LogP contribution in [0, 0.1) is 5.41 Å². The number of ether oxygens (including phenoxy) is 1. The average Bonchev–Trinajstić information content (AvgIpc) is 2.57. The van der Waals surface area contributed by atoms with Crippen LogP contribution in [0.3, 0.4) is 0 Å². The SMILES string of the molecule is COC(=O)N[C@H](C(=O)N[C@@H](Cc1ccccc1)C(=O)CCl)C(C)(C)C. The fourth-order valence-electron chi connectivity index (χ4n) is 2.30. The quantitative estimate of drug-likeness (QED) is 0.723. The van der Waals surface area contributed by atoms with Crippen molar-refractivity contribution in [2.45, 2.75) is 39.3 Å². The van der Waals surface area contributed by atoms with Crippen molar-refractivity contribution < 1.29 is 19.1 Å². The first-order valence-corrected chi connectivity index (χ1v) is 8.50. The summed E-state index contributed by atoms with van der Waals surface area (Å²) in [6.07, 6.45) is -0.383. The van der Waals surface area contributed by atoms with Crippen molar-refractivity contribution >= 4 is 29.4 Å². The van der Waals surface area contributed by atoms with Crippen LogP contribution >= 0.6 is 11.6 Å². The molecule has 0 spiro atoms. The highest BCUT2D eigenvalue weighted by Crippen LogP contribution is 2.20. The number of ketones is 1. The number of hydrogen-bond acceptors (Lipinski definition) is 4. The maximum atomic E-state index is 12.7. The Kier molecular flexibility index (Phi) is 7.90. The van der Waals surface area contributed by atoms with Crippen molar-refractivity contribution in [2.24, 2.45) is 5.41 Å². The number of alkyl carbamates (subject to hydrolysis) is 1. The Morgan fingerprint density at radius 2 is 1.72 bits per heavy atom. The smallest absolute Gasteiger partial charge is 0.407 e. The molecule has 0 aromatic heterocycles. The van der Waals surface area contributed by atoms with Crippen LogP contribution in [0.25, 0.3) is 0 Å². The number of Topliss-reactive ketones (excluding diaryl/α,β-unsaturated/α-hetero) is 1. The van der Waals surface area contributed by atoms with E-state index in [4.69, 9.17) is 11.6 Å². The van der Waals surface area contributed by atoms with E-state index in [1.54, 1.807) is 0 Å². The number of amides is 2. The Morgan fingerprint density at radius 3 is 2.20 bits per heavy atom. The Bertz CT molecular complexity index is 599. The summed E-state index contributed by atoms with van der Waals surface area (Å²) in [6, 6.07) is 7.70. The molecule has 0 saturated heterocycles. The summed E-state index contributed by atoms with van der Waals surface area (Å²) in [5.41, 5.74) is 0.332. The highest BCUT2D eigenvalue weighted by atomic mass is 35.5. The lowest BCUT2D eigenvalue weighted by molar-refractivity contribution is -0.129. The molecule has 2 atom stereocenters. The van der Waals surface area contributed by atoms with Gasteiger partial charge >= 0.3 is 6.09 Å². The summed E-state index contributed by atoms with van der Waals surface area (Å²) in [7, 11) is 1.22. The Labute approximate surface area is 153 Å². The summed E-state index contributed by atoms with van der Waals surface area (Å²) in [6.45, 7) is 5.42. The van der Waals surface area contributed by atoms with Gasteiger partial charge in [-0.15, -0.1) is 11.6 Å². The van der Waals surface area contributed by atoms with Gasteiger partial charge in [0.05, 0.1) is 19.0 Å². The van der Waals surface area contributed by atoms with Gasteiger partial charge < -0.3 is 15.4 Å². The van der Waals surface area contributed by atoms with E-state index in [1.807, 2.05) is 51.1 Å². The zero-order valence-corrected chi connectivity index (χ0v) is 15.7. The monoisotopic (exact) mass is 368 g/mol. The second-order valence-corrected chi connectivity index (χ2v) is 7.05. The van der Waals surface area contributed by atoms with Crippen LogP contribution in [-0.4, -0.2) is 42.9 Å². The van der Waals surface area contributed by atoms with Crippen molar-refractivity contribution in [3.05, 3.63) is 35.9 Å². The molecule has 7 heteroatoms. The van der Waals surface area contributed by atoms with Crippen LogP contribution < -0.4 is 10.6 Å². The molecule has 6 nitrogen and oxygen atoms in total. The van der Waals surface area contributed by atoms with Gasteiger partial charge in [-0.05, 0) is 17.4 Å². The predicted octanol–water partition coefficient (Wildman–Crippen LogP) is 2.29. The minimum absolute atomic E-state index is 0.206. The van der Waals surface area contributed by atoms with Gasteiger partial charge in [0.2, 0.25) is 5.91 Å². The third-order valence-corrected chi connectivity index (χ3v) is 3.96. The van der Waals surface area contributed by atoms with Crippen molar-refractivity contribution in [3.8, 4) is 0 Å². The normalized spacial score (nSPS) is 13.5. The first-order chi connectivity index (χ1) is 11.7. The van der Waals surface area contributed by atoms with Gasteiger partial charge in [-0.1, -0.05) is 51.1 Å². The molecule has 0 aliphatic rings. The Morgan fingerprint density at radius 1 is 1.12 bits per heavy atom. The largest absolute Gasteiger partial charge is 0.453 e. The van der Waals surface area contributed by atoms with Gasteiger partial charge in [0.15, 0.2) is 5.78 Å². The van der Waals surface area contributed by atoms with Gasteiger partial charge in [-0.25, -0.2) is 4.79 Å². The van der Waals surface area contributed by atoms with Gasteiger partial charge in [0.1, 0.15) is 6.04 Å². The second-order valence-electron chi connectivity index (χ2n) is 6.79. The molecule has 0 unspecified atom stereocenters. The standard InChI is InChI=1S/C18H25ClN2O4/c1-18(2,3)15(21-17(24)25-4)16(23)20-13(14(22)11-19)10-12-8-6-5-7-9-12/h5-9,13,15H,10-11H2,1-4H3,(H,20,23)(H,21,24)/t13-,15+/m0/s1. The number of hydrogen-bond donors (Lipinski definition) is 2. The predicted molar refractivity (Wildman–Crippen MR) is 96.6 cm³/mol. The molecule has 1 rings (SSSR count). The van der Waals surface area contributed by atoms with Crippen molar-refractivity contribution in [1.82, 2.24) is 10.6 Å². The van der Waals surface area contributed by atoms with Crippen LogP contribution in [0.4, 0.5) is 4.79 Å². The molecule has 0 heterocycles. The molecular formula is C18H25ClN2O4. The second kappa shape index (κ2) is 9.42. The van der Waals surface area contributed by atoms with E-state index in [2.05, 4.69) is 15.4 Å². The zero-order chi connectivity index (χ0) is 19.0. The maximum absolute atomic E-state index is 12.7. The first-order valence-electron chi connectivity index (χ1n) is 7.96. The lowest BCUT2D eigenvalue weighted by atomic mass is 9.86. The van der Waals surface area contributed by atoms with Gasteiger partial charge in [-0.3, -0.25) is 9.59 Å². The van der Waals surface area contributed by atoms with E-state index in [0.717, 1.165) is 5.56 Å². The molecule has 0 fully saturated rings. The van der Waals surface area contributed by atoms with Crippen LogP contribution in [0.2, 0.25) is 0 Å². The molecule has 25 heavy (non-hydrogen) atoms. The van der Waals surface area contributed by atoms with Crippen LogP contribution in [0.1, 0.15) is 26.3 Å². The van der Waals surface area contributed by atoms with E-state index in [1.165, 1.54) is 7.11 Å². The van der Waals surface area contributed by atoms with E-state index in [-0.39, 0.29) is 11.7 Å². The fourth-order valence-corrected chi connectivity index (χ4v) is 2.48. The number of halogens is 1. The van der Waals surface area contributed by atoms with Gasteiger partial charge in [0, 0.05) is 0 Å². The molecule has 2 amide bonds. The number of carbonyl (C=O) groups excluding carboxylic acids is 3. The maximum Gasteiger partial charge on any atom is 0.407 e. The molecule has 1 aromatic carbocycles. The third-order valence-electron chi connectivity index (χ3n) is 3.70. The Hall–Kier alpha value is -2.08. The highest BCUT2D eigenvalue weighted by molar-refractivity contribution is 6.28. The van der Waals surface area contributed by atoms with E-state index >= 15 is 0 Å². The van der Waals surface area contributed by atoms with E-state index in [9.17, 15) is 14.4 Å². The van der Waals surface area contributed by atoms with Gasteiger partial charge in [-0.2, -0.15) is 0 Å². The molecule has 0 aliphatic carbocycles. The average molecular weight is 369 g/mol. The van der Waals surface area contributed by atoms with Gasteiger partial charge in [0.25, 0.3) is 0 Å². The molecule has 138 valence electrons. The van der Waals surface area contributed by atoms with Crippen molar-refractivity contribution in [2.75, 3.05) is 13.0 Å². The number of methoxy groups -OCH3 is 1. The Balaban J connectivity index is 2.94. The fraction of sp³-hybridized carbons (Fsp3) is 0.500. The minimum atomic E-state index is -0.860. The molecule has 0 saturated carbocycles. The summed E-state index contributed by atoms with van der Waals surface area (Å²) < 4.78 is 4.58. The lowest BCUT2D eigenvalue weighted by Gasteiger charge is -2.31. The highest BCUT2D eigenvalue weighted by Gasteiger charge is 2.35. The molecule has 0 radical (unpaired) electrons. The number of carbonyl (C=O) groups is 3. The van der Waals surface area contributed by atoms with Crippen LogP contribution in [0.5, 0.6) is 0 Å². The van der Waals surface area contributed by atoms with Crippen LogP contribution in [0.15, 0.2) is 30.3 Å². The molecule has 2 N–H and O–H groups in total. The topological polar surface area (TPSA) is 84.5 Å². The summed E-state index contributed by atoms with van der Waals surface area (Å²) in [5, 5.41) is 5.22. The van der Waals surface area contributed by atoms with E-state index in [0.29, 0.717) is 6.42 Å². The lowest BCUT2D eigenvalue weighted by Crippen LogP contribution is -2.57. The number of rotatable bonds is 7. The minimum Gasteiger partial charge on any atom is -0.453 e. The van der Waals surface area contributed by atoms with Crippen LogP contribution in [-0.2, 0) is 20.7 Å². The number of benzene rings is 1. The van der Waals surface area contributed by atoms with Crippen molar-refractivity contribution in [3.63, 3.8) is 0 Å². The zero-order valence-electron chi connectivity index (χ0n) is 15.0. The summed E-state index contributed by atoms with van der Waals surface area (Å²) in [5.74, 6) is -0.954. The number of nitrogens with one attached hydrogen (secondary N) is 2. The molecule has 1 aromatic rings. The first kappa shape index (κ1) is 21.0.